The summed E-state index contributed by atoms with van der Waals surface area (Å²) in [4.78, 5) is 15.3. The van der Waals surface area contributed by atoms with E-state index in [2.05, 4.69) is 4.99 Å². The molecular formula is C12H17NO7. The predicted molar refractivity (Wildman–Crippen MR) is 66.1 cm³/mol. The van der Waals surface area contributed by atoms with Crippen LogP contribution in [0, 0.1) is 0 Å². The Morgan fingerprint density at radius 3 is 2.75 bits per heavy atom. The van der Waals surface area contributed by atoms with E-state index in [4.69, 9.17) is 19.7 Å². The van der Waals surface area contributed by atoms with Crippen molar-refractivity contribution in [3.8, 4) is 0 Å². The molecule has 20 heavy (non-hydrogen) atoms. The summed E-state index contributed by atoms with van der Waals surface area (Å²) < 4.78 is 10.7. The van der Waals surface area contributed by atoms with Gasteiger partial charge >= 0.3 is 5.97 Å². The number of hydrogen-bond acceptors (Lipinski definition) is 7. The maximum absolute atomic E-state index is 11.1. The van der Waals surface area contributed by atoms with E-state index >= 15 is 0 Å². The molecule has 2 aliphatic heterocycles. The lowest BCUT2D eigenvalue weighted by Crippen LogP contribution is -2.60. The summed E-state index contributed by atoms with van der Waals surface area (Å²) in [6, 6.07) is -0.707. The number of carbonyl (C=O) groups is 1. The number of carboxylic acid groups (broad SMARTS) is 1. The third-order valence-corrected chi connectivity index (χ3v) is 3.52. The Labute approximate surface area is 115 Å². The van der Waals surface area contributed by atoms with E-state index in [1.807, 2.05) is 0 Å². The fourth-order valence-electron chi connectivity index (χ4n) is 2.45. The van der Waals surface area contributed by atoms with Gasteiger partial charge in [0.15, 0.2) is 11.5 Å². The first kappa shape index (κ1) is 14.8. The molecule has 0 aliphatic carbocycles. The fourth-order valence-corrected chi connectivity index (χ4v) is 2.45. The van der Waals surface area contributed by atoms with E-state index in [1.165, 1.54) is 13.0 Å². The molecule has 0 spiro atoms. The normalized spacial score (nSPS) is 35.0. The number of fused-ring (bicyclic) bond motifs is 1. The molecule has 0 aromatic rings. The highest BCUT2D eigenvalue weighted by atomic mass is 16.6. The van der Waals surface area contributed by atoms with E-state index in [0.717, 1.165) is 0 Å². The number of aliphatic imine (C=N–C) groups is 1. The summed E-state index contributed by atoms with van der Waals surface area (Å²) in [7, 11) is 0. The zero-order chi connectivity index (χ0) is 15.1. The van der Waals surface area contributed by atoms with Gasteiger partial charge in [-0.05, 0) is 6.92 Å². The Morgan fingerprint density at radius 2 is 2.20 bits per heavy atom. The quantitative estimate of drug-likeness (QED) is 0.503. The summed E-state index contributed by atoms with van der Waals surface area (Å²) in [6.07, 6.45) is -2.43. The molecule has 0 saturated heterocycles. The van der Waals surface area contributed by atoms with Crippen molar-refractivity contribution in [1.82, 2.24) is 0 Å². The number of ether oxygens (including phenoxy) is 2. The van der Waals surface area contributed by atoms with Gasteiger partial charge in [0.25, 0.3) is 0 Å². The van der Waals surface area contributed by atoms with Gasteiger partial charge in [0.2, 0.25) is 5.76 Å². The van der Waals surface area contributed by atoms with E-state index in [-0.39, 0.29) is 5.76 Å². The van der Waals surface area contributed by atoms with Gasteiger partial charge in [-0.15, -0.1) is 0 Å². The van der Waals surface area contributed by atoms with Crippen LogP contribution < -0.4 is 0 Å². The Balaban J connectivity index is 2.40. The van der Waals surface area contributed by atoms with E-state index in [0.29, 0.717) is 5.90 Å². The van der Waals surface area contributed by atoms with Crippen molar-refractivity contribution in [3.05, 3.63) is 11.8 Å². The third-order valence-electron chi connectivity index (χ3n) is 3.52. The first-order chi connectivity index (χ1) is 9.29. The monoisotopic (exact) mass is 287 g/mol. The molecule has 0 aromatic heterocycles. The molecule has 4 N–H and O–H groups in total. The summed E-state index contributed by atoms with van der Waals surface area (Å²) in [5, 5.41) is 37.8. The Kier molecular flexibility index (Phi) is 3.72. The number of aliphatic carboxylic acids is 1. The van der Waals surface area contributed by atoms with Gasteiger partial charge in [-0.3, -0.25) is 0 Å². The van der Waals surface area contributed by atoms with Crippen LogP contribution in [0.25, 0.3) is 0 Å². The Bertz CT molecular complexity index is 474. The van der Waals surface area contributed by atoms with Crippen LogP contribution in [0.1, 0.15) is 13.8 Å². The van der Waals surface area contributed by atoms with Gasteiger partial charge in [0.05, 0.1) is 6.61 Å². The smallest absolute Gasteiger partial charge is 0.370 e. The van der Waals surface area contributed by atoms with Crippen molar-refractivity contribution in [2.75, 3.05) is 6.61 Å². The standard InChI is InChI=1S/C12H17NO7/c1-5-13-9-7(19-5)3-8(11(17)18)20-12(9,2)10(16)6(15)4-14/h3,6-7,9-10,14-16H,4H2,1-2H3,(H,17,18)/t6-,7-,9+,10-,12-/m1/s1. The molecule has 5 atom stereocenters. The molecule has 112 valence electrons. The van der Waals surface area contributed by atoms with Crippen molar-refractivity contribution < 1.29 is 34.7 Å². The molecule has 0 amide bonds. The topological polar surface area (TPSA) is 129 Å². The molecule has 8 heteroatoms. The molecule has 0 fully saturated rings. The molecule has 2 heterocycles. The van der Waals surface area contributed by atoms with Crippen molar-refractivity contribution in [2.45, 2.75) is 43.8 Å². The van der Waals surface area contributed by atoms with Crippen LogP contribution in [0.2, 0.25) is 0 Å². The molecular weight excluding hydrogens is 270 g/mol. The average molecular weight is 287 g/mol. The summed E-state index contributed by atoms with van der Waals surface area (Å²) >= 11 is 0. The van der Waals surface area contributed by atoms with Crippen LogP contribution in [-0.2, 0) is 14.3 Å². The van der Waals surface area contributed by atoms with E-state index in [9.17, 15) is 15.0 Å². The maximum atomic E-state index is 11.1. The van der Waals surface area contributed by atoms with Gasteiger partial charge in [0.1, 0.15) is 24.4 Å². The highest BCUT2D eigenvalue weighted by Crippen LogP contribution is 2.38. The summed E-state index contributed by atoms with van der Waals surface area (Å²) in [5.74, 6) is -1.36. The predicted octanol–water partition coefficient (Wildman–Crippen LogP) is -1.36. The van der Waals surface area contributed by atoms with E-state index in [1.54, 1.807) is 6.92 Å². The molecule has 0 aromatic carbocycles. The molecule has 2 aliphatic rings. The summed E-state index contributed by atoms with van der Waals surface area (Å²) in [6.45, 7) is 2.34. The highest BCUT2D eigenvalue weighted by Gasteiger charge is 2.55. The minimum atomic E-state index is -1.53. The first-order valence-corrected chi connectivity index (χ1v) is 6.11. The number of hydrogen-bond donors (Lipinski definition) is 4. The lowest BCUT2D eigenvalue weighted by Gasteiger charge is -2.43. The van der Waals surface area contributed by atoms with Gasteiger partial charge in [-0.2, -0.15) is 0 Å². The van der Waals surface area contributed by atoms with Crippen molar-refractivity contribution >= 4 is 11.9 Å². The molecule has 8 nitrogen and oxygen atoms in total. The van der Waals surface area contributed by atoms with Gasteiger partial charge in [0, 0.05) is 13.0 Å². The maximum Gasteiger partial charge on any atom is 0.370 e. The van der Waals surface area contributed by atoms with Crippen molar-refractivity contribution in [2.24, 2.45) is 4.99 Å². The van der Waals surface area contributed by atoms with Gasteiger partial charge in [-0.1, -0.05) is 0 Å². The molecule has 0 bridgehead atoms. The molecule has 0 unspecified atom stereocenters. The first-order valence-electron chi connectivity index (χ1n) is 6.11. The van der Waals surface area contributed by atoms with Crippen LogP contribution in [0.3, 0.4) is 0 Å². The molecule has 0 saturated carbocycles. The van der Waals surface area contributed by atoms with Crippen LogP contribution >= 0.6 is 0 Å². The number of carboxylic acids is 1. The second-order valence-electron chi connectivity index (χ2n) is 4.99. The van der Waals surface area contributed by atoms with Crippen LogP contribution in [-0.4, -0.2) is 68.9 Å². The average Bonchev–Trinajstić information content (AvgIpc) is 2.78. The number of rotatable bonds is 4. The Morgan fingerprint density at radius 1 is 1.55 bits per heavy atom. The SMILES string of the molecule is CC1=N[C@H]2[C@@H](C=C(C(=O)O)O[C@@]2(C)[C@H](O)[C@H](O)CO)O1. The minimum Gasteiger partial charge on any atom is -0.475 e. The largest absolute Gasteiger partial charge is 0.475 e. The minimum absolute atomic E-state index is 0.336. The summed E-state index contributed by atoms with van der Waals surface area (Å²) in [5.41, 5.74) is -1.52. The van der Waals surface area contributed by atoms with Crippen LogP contribution in [0.4, 0.5) is 0 Å². The zero-order valence-electron chi connectivity index (χ0n) is 11.1. The Hall–Kier alpha value is -1.64. The lowest BCUT2D eigenvalue weighted by atomic mass is 9.82. The lowest BCUT2D eigenvalue weighted by molar-refractivity contribution is -0.171. The van der Waals surface area contributed by atoms with Crippen LogP contribution in [0.15, 0.2) is 16.8 Å². The van der Waals surface area contributed by atoms with Gasteiger partial charge < -0.3 is 29.9 Å². The third kappa shape index (κ3) is 2.26. The van der Waals surface area contributed by atoms with E-state index < -0.39 is 42.5 Å². The molecule has 2 rings (SSSR count). The fraction of sp³-hybridized carbons (Fsp3) is 0.667. The van der Waals surface area contributed by atoms with Crippen molar-refractivity contribution in [1.29, 1.82) is 0 Å². The second kappa shape index (κ2) is 5.04. The number of nitrogens with zero attached hydrogens (tertiary/aromatic N) is 1. The highest BCUT2D eigenvalue weighted by molar-refractivity contribution is 5.85. The zero-order valence-corrected chi connectivity index (χ0v) is 11.1. The number of aliphatic hydroxyl groups excluding tert-OH is 3. The van der Waals surface area contributed by atoms with Crippen molar-refractivity contribution in [3.63, 3.8) is 0 Å². The van der Waals surface area contributed by atoms with Crippen LogP contribution in [0.5, 0.6) is 0 Å². The number of aliphatic hydroxyl groups is 3. The second-order valence-corrected chi connectivity index (χ2v) is 4.99. The van der Waals surface area contributed by atoms with Gasteiger partial charge in [-0.25, -0.2) is 9.79 Å². The molecule has 0 radical (unpaired) electrons.